The number of alkyl halides is 3. The smallest absolute Gasteiger partial charge is 0.406 e. The van der Waals surface area contributed by atoms with E-state index in [1.54, 1.807) is 24.3 Å². The second-order valence-corrected chi connectivity index (χ2v) is 7.99. The van der Waals surface area contributed by atoms with Crippen LogP contribution in [0.5, 0.6) is 5.75 Å². The molecule has 2 aromatic carbocycles. The molecule has 0 radical (unpaired) electrons. The lowest BCUT2D eigenvalue weighted by molar-refractivity contribution is -0.274. The van der Waals surface area contributed by atoms with Crippen molar-refractivity contribution in [2.45, 2.75) is 26.3 Å². The number of ether oxygens (including phenoxy) is 1. The van der Waals surface area contributed by atoms with Crippen LogP contribution >= 0.6 is 0 Å². The summed E-state index contributed by atoms with van der Waals surface area (Å²) in [7, 11) is -3.77. The number of rotatable bonds is 6. The Morgan fingerprint density at radius 3 is 2.07 bits per heavy atom. The Morgan fingerprint density at radius 1 is 1.07 bits per heavy atom. The number of sulfonamides is 1. The fourth-order valence-electron chi connectivity index (χ4n) is 2.49. The van der Waals surface area contributed by atoms with Gasteiger partial charge in [0.05, 0.1) is 11.9 Å². The van der Waals surface area contributed by atoms with Crippen molar-refractivity contribution in [3.05, 3.63) is 54.1 Å². The minimum atomic E-state index is -4.82. The summed E-state index contributed by atoms with van der Waals surface area (Å²) in [5.74, 6) is -1.08. The third kappa shape index (κ3) is 5.88. The summed E-state index contributed by atoms with van der Waals surface area (Å²) in [4.78, 5) is 12.5. The molecule has 0 aliphatic rings. The zero-order chi connectivity index (χ0) is 21.1. The highest BCUT2D eigenvalue weighted by atomic mass is 32.2. The zero-order valence-electron chi connectivity index (χ0n) is 15.3. The molecule has 2 aromatic rings. The fourth-order valence-corrected chi connectivity index (χ4v) is 3.66. The summed E-state index contributed by atoms with van der Waals surface area (Å²) in [6.45, 7) is 3.26. The van der Waals surface area contributed by atoms with Gasteiger partial charge in [-0.05, 0) is 50.2 Å². The lowest BCUT2D eigenvalue weighted by Gasteiger charge is -2.28. The van der Waals surface area contributed by atoms with Crippen molar-refractivity contribution in [2.75, 3.05) is 15.9 Å². The van der Waals surface area contributed by atoms with Gasteiger partial charge in [0.25, 0.3) is 0 Å². The Labute approximate surface area is 161 Å². The highest BCUT2D eigenvalue weighted by molar-refractivity contribution is 7.92. The van der Waals surface area contributed by atoms with Crippen LogP contribution in [0, 0.1) is 6.92 Å². The molecule has 2 rings (SSSR count). The van der Waals surface area contributed by atoms with Crippen LogP contribution in [0.2, 0.25) is 0 Å². The van der Waals surface area contributed by atoms with Crippen LogP contribution in [0.3, 0.4) is 0 Å². The first-order valence-corrected chi connectivity index (χ1v) is 9.94. The average molecular weight is 416 g/mol. The van der Waals surface area contributed by atoms with Gasteiger partial charge in [-0.1, -0.05) is 17.7 Å². The number of carbonyl (C=O) groups is 1. The van der Waals surface area contributed by atoms with Crippen LogP contribution in [0.4, 0.5) is 24.5 Å². The average Bonchev–Trinajstić information content (AvgIpc) is 2.56. The molecule has 0 saturated carbocycles. The quantitative estimate of drug-likeness (QED) is 0.779. The van der Waals surface area contributed by atoms with E-state index in [4.69, 9.17) is 0 Å². The Kier molecular flexibility index (Phi) is 6.23. The summed E-state index contributed by atoms with van der Waals surface area (Å²) in [6, 6.07) is 10.1. The third-order valence-electron chi connectivity index (χ3n) is 3.73. The topological polar surface area (TPSA) is 75.7 Å². The SMILES string of the molecule is Cc1ccc(N([C@H](C)C(=O)Nc2ccc(OC(F)(F)F)cc2)S(C)(=O)=O)cc1. The van der Waals surface area contributed by atoms with Crippen molar-refractivity contribution < 1.29 is 31.1 Å². The molecule has 0 bridgehead atoms. The lowest BCUT2D eigenvalue weighted by Crippen LogP contribution is -2.45. The van der Waals surface area contributed by atoms with Crippen LogP contribution in [0.15, 0.2) is 48.5 Å². The molecule has 0 aliphatic heterocycles. The van der Waals surface area contributed by atoms with Crippen LogP contribution in [0.1, 0.15) is 12.5 Å². The Hall–Kier alpha value is -2.75. The molecule has 1 amide bonds. The molecule has 0 unspecified atom stereocenters. The van der Waals surface area contributed by atoms with Crippen LogP contribution < -0.4 is 14.4 Å². The molecule has 0 aliphatic carbocycles. The highest BCUT2D eigenvalue weighted by Gasteiger charge is 2.31. The number of nitrogens with one attached hydrogen (secondary N) is 1. The molecule has 0 saturated heterocycles. The standard InChI is InChI=1S/C18H19F3N2O4S/c1-12-4-8-15(9-5-12)23(28(3,25)26)13(2)17(24)22-14-6-10-16(11-7-14)27-18(19,20)21/h4-11,13H,1-3H3,(H,22,24)/t13-/m1/s1. The number of carbonyl (C=O) groups excluding carboxylic acids is 1. The number of nitrogens with zero attached hydrogens (tertiary/aromatic N) is 1. The van der Waals surface area contributed by atoms with Gasteiger partial charge in [-0.15, -0.1) is 13.2 Å². The van der Waals surface area contributed by atoms with E-state index in [0.29, 0.717) is 5.69 Å². The number of hydrogen-bond acceptors (Lipinski definition) is 4. The van der Waals surface area contributed by atoms with Gasteiger partial charge in [0, 0.05) is 5.69 Å². The highest BCUT2D eigenvalue weighted by Crippen LogP contribution is 2.25. The summed E-state index contributed by atoms with van der Waals surface area (Å²) in [6.07, 6.45) is -3.83. The van der Waals surface area contributed by atoms with E-state index in [2.05, 4.69) is 10.1 Å². The fraction of sp³-hybridized carbons (Fsp3) is 0.278. The molecule has 0 fully saturated rings. The van der Waals surface area contributed by atoms with Crippen LogP contribution in [-0.2, 0) is 14.8 Å². The summed E-state index contributed by atoms with van der Waals surface area (Å²) < 4.78 is 65.7. The van der Waals surface area contributed by atoms with Gasteiger partial charge in [0.2, 0.25) is 15.9 Å². The van der Waals surface area contributed by atoms with Crippen molar-refractivity contribution in [3.8, 4) is 5.75 Å². The molecular formula is C18H19F3N2O4S. The largest absolute Gasteiger partial charge is 0.573 e. The summed E-state index contributed by atoms with van der Waals surface area (Å²) >= 11 is 0. The zero-order valence-corrected chi connectivity index (χ0v) is 16.1. The summed E-state index contributed by atoms with van der Waals surface area (Å²) in [5, 5.41) is 2.48. The molecule has 152 valence electrons. The normalized spacial score (nSPS) is 12.9. The summed E-state index contributed by atoms with van der Waals surface area (Å²) in [5.41, 5.74) is 1.45. The van der Waals surface area contributed by atoms with E-state index in [9.17, 15) is 26.4 Å². The number of aryl methyl sites for hydroxylation is 1. The number of benzene rings is 2. The molecule has 28 heavy (non-hydrogen) atoms. The predicted molar refractivity (Wildman–Crippen MR) is 99.7 cm³/mol. The maximum Gasteiger partial charge on any atom is 0.573 e. The van der Waals surface area contributed by atoms with Gasteiger partial charge in [-0.2, -0.15) is 0 Å². The molecule has 10 heteroatoms. The number of hydrogen-bond donors (Lipinski definition) is 1. The van der Waals surface area contributed by atoms with Gasteiger partial charge in [-0.3, -0.25) is 9.10 Å². The number of amides is 1. The van der Waals surface area contributed by atoms with E-state index >= 15 is 0 Å². The molecular weight excluding hydrogens is 397 g/mol. The van der Waals surface area contributed by atoms with Crippen LogP contribution in [-0.4, -0.2) is 33.0 Å². The van der Waals surface area contributed by atoms with E-state index in [1.807, 2.05) is 6.92 Å². The number of halogens is 3. The Balaban J connectivity index is 2.18. The van der Waals surface area contributed by atoms with Gasteiger partial charge in [-0.25, -0.2) is 8.42 Å². The molecule has 1 atom stereocenters. The minimum Gasteiger partial charge on any atom is -0.406 e. The predicted octanol–water partition coefficient (Wildman–Crippen LogP) is 3.69. The van der Waals surface area contributed by atoms with E-state index in [0.717, 1.165) is 28.3 Å². The first-order valence-electron chi connectivity index (χ1n) is 8.09. The molecule has 0 heterocycles. The van der Waals surface area contributed by atoms with Crippen molar-refractivity contribution in [2.24, 2.45) is 0 Å². The molecule has 6 nitrogen and oxygen atoms in total. The maximum absolute atomic E-state index is 12.5. The Morgan fingerprint density at radius 2 is 1.61 bits per heavy atom. The van der Waals surface area contributed by atoms with Gasteiger partial charge in [0.15, 0.2) is 0 Å². The van der Waals surface area contributed by atoms with Crippen LogP contribution in [0.25, 0.3) is 0 Å². The van der Waals surface area contributed by atoms with Crippen molar-refractivity contribution in [3.63, 3.8) is 0 Å². The van der Waals surface area contributed by atoms with E-state index in [1.165, 1.54) is 19.1 Å². The molecule has 0 aromatic heterocycles. The van der Waals surface area contributed by atoms with Gasteiger partial charge in [0.1, 0.15) is 11.8 Å². The minimum absolute atomic E-state index is 0.198. The van der Waals surface area contributed by atoms with Crippen molar-refractivity contribution in [1.29, 1.82) is 0 Å². The monoisotopic (exact) mass is 416 g/mol. The first-order chi connectivity index (χ1) is 12.9. The molecule has 1 N–H and O–H groups in total. The number of anilines is 2. The maximum atomic E-state index is 12.5. The lowest BCUT2D eigenvalue weighted by atomic mass is 10.2. The van der Waals surface area contributed by atoms with Crippen molar-refractivity contribution >= 4 is 27.3 Å². The second-order valence-electron chi connectivity index (χ2n) is 6.13. The molecule has 0 spiro atoms. The van der Waals surface area contributed by atoms with E-state index < -0.39 is 34.1 Å². The van der Waals surface area contributed by atoms with Gasteiger partial charge >= 0.3 is 6.36 Å². The van der Waals surface area contributed by atoms with Gasteiger partial charge < -0.3 is 10.1 Å². The third-order valence-corrected chi connectivity index (χ3v) is 4.97. The second kappa shape index (κ2) is 8.09. The van der Waals surface area contributed by atoms with Crippen molar-refractivity contribution in [1.82, 2.24) is 0 Å². The Bertz CT molecular complexity index is 927. The van der Waals surface area contributed by atoms with E-state index in [-0.39, 0.29) is 5.69 Å². The first kappa shape index (κ1) is 21.5.